The summed E-state index contributed by atoms with van der Waals surface area (Å²) in [7, 11) is 0. The fraction of sp³-hybridized carbons (Fsp3) is 0.875. The molecule has 0 aliphatic heterocycles. The molecular formula is C8H16O4S. The van der Waals surface area contributed by atoms with Crippen molar-refractivity contribution in [3.05, 3.63) is 0 Å². The first-order valence-corrected chi connectivity index (χ1v) is 5.04. The van der Waals surface area contributed by atoms with Crippen LogP contribution >= 0.6 is 0 Å². The molecule has 0 fully saturated rings. The van der Waals surface area contributed by atoms with E-state index in [2.05, 4.69) is 0 Å². The highest BCUT2D eigenvalue weighted by Gasteiger charge is 2.37. The summed E-state index contributed by atoms with van der Waals surface area (Å²) in [5.74, 6) is -0.953. The molecule has 5 heteroatoms. The van der Waals surface area contributed by atoms with Crippen molar-refractivity contribution in [2.45, 2.75) is 38.9 Å². The highest BCUT2D eigenvalue weighted by atomic mass is 32.2. The van der Waals surface area contributed by atoms with E-state index < -0.39 is 27.2 Å². The van der Waals surface area contributed by atoms with Gasteiger partial charge in [0, 0.05) is 0 Å². The first-order valence-electron chi connectivity index (χ1n) is 3.94. The quantitative estimate of drug-likeness (QED) is 0.686. The number of hydrogen-bond donors (Lipinski definition) is 2. The first kappa shape index (κ1) is 12.6. The Balaban J connectivity index is 4.61. The van der Waals surface area contributed by atoms with Crippen LogP contribution < -0.4 is 0 Å². The van der Waals surface area contributed by atoms with Crippen molar-refractivity contribution < 1.29 is 18.7 Å². The average Bonchev–Trinajstić information content (AvgIpc) is 1.83. The van der Waals surface area contributed by atoms with E-state index in [9.17, 15) is 9.00 Å². The summed E-state index contributed by atoms with van der Waals surface area (Å²) >= 11 is -2.00. The predicted molar refractivity (Wildman–Crippen MR) is 50.9 cm³/mol. The van der Waals surface area contributed by atoms with E-state index in [1.807, 2.05) is 0 Å². The summed E-state index contributed by atoms with van der Waals surface area (Å²) in [4.78, 5) is 10.7. The summed E-state index contributed by atoms with van der Waals surface area (Å²) in [6.45, 7) is 6.25. The number of rotatable bonds is 4. The van der Waals surface area contributed by atoms with E-state index in [1.165, 1.54) is 0 Å². The van der Waals surface area contributed by atoms with Crippen LogP contribution in [-0.4, -0.2) is 24.6 Å². The predicted octanol–water partition coefficient (Wildman–Crippen LogP) is 1.49. The zero-order chi connectivity index (χ0) is 10.9. The summed E-state index contributed by atoms with van der Waals surface area (Å²) in [5.41, 5.74) is -0.970. The van der Waals surface area contributed by atoms with Crippen molar-refractivity contribution in [2.24, 2.45) is 5.41 Å². The van der Waals surface area contributed by atoms with Gasteiger partial charge in [0.2, 0.25) is 0 Å². The van der Waals surface area contributed by atoms with Gasteiger partial charge in [0.1, 0.15) is 0 Å². The average molecular weight is 208 g/mol. The third kappa shape index (κ3) is 3.44. The smallest absolute Gasteiger partial charge is 0.309 e. The third-order valence-corrected chi connectivity index (χ3v) is 3.01. The minimum absolute atomic E-state index is 0.165. The number of carboxylic acids is 1. The van der Waals surface area contributed by atoms with Gasteiger partial charge < -0.3 is 9.66 Å². The van der Waals surface area contributed by atoms with Crippen LogP contribution in [0.3, 0.4) is 0 Å². The Kier molecular flexibility index (Phi) is 3.63. The van der Waals surface area contributed by atoms with E-state index in [4.69, 9.17) is 9.66 Å². The van der Waals surface area contributed by atoms with Gasteiger partial charge in [0.25, 0.3) is 0 Å². The molecule has 0 aromatic rings. The second-order valence-corrected chi connectivity index (χ2v) is 5.98. The highest BCUT2D eigenvalue weighted by molar-refractivity contribution is 7.80. The Labute approximate surface area is 80.6 Å². The normalized spacial score (nSPS) is 15.5. The Bertz CT molecular complexity index is 208. The molecule has 13 heavy (non-hydrogen) atoms. The summed E-state index contributed by atoms with van der Waals surface area (Å²) < 4.78 is 18.9. The third-order valence-electron chi connectivity index (χ3n) is 1.92. The Morgan fingerprint density at radius 1 is 1.31 bits per heavy atom. The van der Waals surface area contributed by atoms with Gasteiger partial charge in [0.05, 0.1) is 10.2 Å². The van der Waals surface area contributed by atoms with Gasteiger partial charge in [-0.15, -0.1) is 0 Å². The zero-order valence-corrected chi connectivity index (χ0v) is 9.14. The Morgan fingerprint density at radius 3 is 1.92 bits per heavy atom. The second-order valence-electron chi connectivity index (χ2n) is 4.37. The molecule has 0 saturated heterocycles. The van der Waals surface area contributed by atoms with Crippen molar-refractivity contribution >= 4 is 17.0 Å². The molecule has 0 aromatic carbocycles. The summed E-state index contributed by atoms with van der Waals surface area (Å²) in [6, 6.07) is 0. The van der Waals surface area contributed by atoms with E-state index in [1.54, 1.807) is 27.7 Å². The molecule has 0 spiro atoms. The van der Waals surface area contributed by atoms with Crippen LogP contribution in [0.25, 0.3) is 0 Å². The van der Waals surface area contributed by atoms with Gasteiger partial charge in [0.15, 0.2) is 11.1 Å². The molecule has 4 nitrogen and oxygen atoms in total. The standard InChI is InChI=1S/C8H16O4S/c1-7(2,6(9)10)5-8(3,4)13(11)12/h5H2,1-4H3,(H,9,10)(H,11,12). The van der Waals surface area contributed by atoms with Crippen molar-refractivity contribution in [1.82, 2.24) is 0 Å². The molecule has 0 heterocycles. The minimum atomic E-state index is -2.00. The maximum Gasteiger partial charge on any atom is 0.309 e. The lowest BCUT2D eigenvalue weighted by atomic mass is 9.84. The van der Waals surface area contributed by atoms with Crippen LogP contribution in [-0.2, 0) is 15.9 Å². The number of carboxylic acid groups (broad SMARTS) is 1. The van der Waals surface area contributed by atoms with Gasteiger partial charge in [-0.05, 0) is 34.1 Å². The largest absolute Gasteiger partial charge is 0.481 e. The SMILES string of the molecule is CC(C)(CC(C)(C)S(=O)O)C(=O)O. The fourth-order valence-electron chi connectivity index (χ4n) is 1.20. The molecule has 0 saturated carbocycles. The highest BCUT2D eigenvalue weighted by Crippen LogP contribution is 2.31. The van der Waals surface area contributed by atoms with Crippen LogP contribution in [0, 0.1) is 5.41 Å². The molecule has 1 atom stereocenters. The van der Waals surface area contributed by atoms with Gasteiger partial charge in [-0.3, -0.25) is 4.79 Å². The lowest BCUT2D eigenvalue weighted by Crippen LogP contribution is -2.36. The molecule has 0 rings (SSSR count). The minimum Gasteiger partial charge on any atom is -0.481 e. The molecular weight excluding hydrogens is 192 g/mol. The van der Waals surface area contributed by atoms with Crippen molar-refractivity contribution in [2.75, 3.05) is 0 Å². The van der Waals surface area contributed by atoms with Gasteiger partial charge in [-0.2, -0.15) is 0 Å². The lowest BCUT2D eigenvalue weighted by Gasteiger charge is -2.28. The molecule has 2 N–H and O–H groups in total. The van der Waals surface area contributed by atoms with Crippen LogP contribution in [0.15, 0.2) is 0 Å². The van der Waals surface area contributed by atoms with E-state index in [0.29, 0.717) is 0 Å². The molecule has 0 radical (unpaired) electrons. The maximum absolute atomic E-state index is 10.8. The van der Waals surface area contributed by atoms with Gasteiger partial charge in [-0.1, -0.05) is 0 Å². The van der Waals surface area contributed by atoms with Crippen molar-refractivity contribution in [1.29, 1.82) is 0 Å². The van der Waals surface area contributed by atoms with Crippen LogP contribution in [0.4, 0.5) is 0 Å². The summed E-state index contributed by atoms with van der Waals surface area (Å²) in [5, 5.41) is 8.81. The van der Waals surface area contributed by atoms with Crippen LogP contribution in [0.1, 0.15) is 34.1 Å². The summed E-state index contributed by atoms with van der Waals surface area (Å²) in [6.07, 6.45) is 0.165. The maximum atomic E-state index is 10.8. The Hall–Kier alpha value is -0.420. The number of carbonyl (C=O) groups is 1. The molecule has 78 valence electrons. The van der Waals surface area contributed by atoms with Crippen LogP contribution in [0.2, 0.25) is 0 Å². The molecule has 0 aliphatic rings. The lowest BCUT2D eigenvalue weighted by molar-refractivity contribution is -0.147. The van der Waals surface area contributed by atoms with Crippen molar-refractivity contribution in [3.63, 3.8) is 0 Å². The number of hydrogen-bond acceptors (Lipinski definition) is 2. The zero-order valence-electron chi connectivity index (χ0n) is 8.33. The fourth-order valence-corrected chi connectivity index (χ4v) is 1.69. The molecule has 0 aromatic heterocycles. The van der Waals surface area contributed by atoms with Crippen LogP contribution in [0.5, 0.6) is 0 Å². The monoisotopic (exact) mass is 208 g/mol. The van der Waals surface area contributed by atoms with E-state index >= 15 is 0 Å². The Morgan fingerprint density at radius 2 is 1.69 bits per heavy atom. The van der Waals surface area contributed by atoms with Crippen molar-refractivity contribution in [3.8, 4) is 0 Å². The van der Waals surface area contributed by atoms with Gasteiger partial charge >= 0.3 is 5.97 Å². The van der Waals surface area contributed by atoms with Gasteiger partial charge in [-0.25, -0.2) is 4.21 Å². The van der Waals surface area contributed by atoms with E-state index in [0.717, 1.165) is 0 Å². The molecule has 0 aliphatic carbocycles. The van der Waals surface area contributed by atoms with E-state index in [-0.39, 0.29) is 6.42 Å². The topological polar surface area (TPSA) is 74.6 Å². The second kappa shape index (κ2) is 3.75. The first-order chi connectivity index (χ1) is 5.59. The molecule has 0 bridgehead atoms. The molecule has 0 amide bonds. The molecule has 1 unspecified atom stereocenters. The number of aliphatic carboxylic acids is 1.